The van der Waals surface area contributed by atoms with Crippen LogP contribution in [0.4, 0.5) is 0 Å². The van der Waals surface area contributed by atoms with Crippen LogP contribution in [0.5, 0.6) is 0 Å². The van der Waals surface area contributed by atoms with Gasteiger partial charge in [-0.3, -0.25) is 0 Å². The number of nitrogens with zero attached hydrogens (tertiary/aromatic N) is 3. The number of aryl methyl sites for hydroxylation is 1. The number of thiophene rings is 1. The van der Waals surface area contributed by atoms with Gasteiger partial charge in [0.25, 0.3) is 0 Å². The molecule has 0 bridgehead atoms. The molecule has 0 atom stereocenters. The maximum atomic E-state index is 9.17. The number of oxazole rings is 1. The summed E-state index contributed by atoms with van der Waals surface area (Å²) in [6, 6.07) is 3.98. The van der Waals surface area contributed by atoms with Gasteiger partial charge in [0.2, 0.25) is 5.89 Å². The lowest BCUT2D eigenvalue weighted by atomic mass is 10.4. The Labute approximate surface area is 130 Å². The summed E-state index contributed by atoms with van der Waals surface area (Å²) in [7, 11) is 1.90. The molecule has 0 saturated carbocycles. The first-order chi connectivity index (χ1) is 10.2. The second-order valence-electron chi connectivity index (χ2n) is 4.54. The third-order valence-electron chi connectivity index (χ3n) is 3.17. The molecule has 0 amide bonds. The molecule has 0 saturated heterocycles. The molecule has 3 aromatic rings. The summed E-state index contributed by atoms with van der Waals surface area (Å²) in [6.07, 6.45) is 1.69. The van der Waals surface area contributed by atoms with Crippen molar-refractivity contribution in [1.82, 2.24) is 14.5 Å². The second kappa shape index (κ2) is 6.05. The van der Waals surface area contributed by atoms with Gasteiger partial charge in [-0.15, -0.1) is 11.3 Å². The number of thioether (sulfide) groups is 1. The maximum absolute atomic E-state index is 9.17. The average Bonchev–Trinajstić information content (AvgIpc) is 3.17. The first-order valence-corrected chi connectivity index (χ1v) is 8.30. The van der Waals surface area contributed by atoms with Crippen LogP contribution >= 0.6 is 23.1 Å². The molecule has 3 rings (SSSR count). The first-order valence-electron chi connectivity index (χ1n) is 6.43. The van der Waals surface area contributed by atoms with Crippen molar-refractivity contribution in [2.45, 2.75) is 24.4 Å². The molecule has 0 aromatic carbocycles. The van der Waals surface area contributed by atoms with Crippen molar-refractivity contribution in [3.05, 3.63) is 40.9 Å². The van der Waals surface area contributed by atoms with Crippen molar-refractivity contribution in [1.29, 1.82) is 0 Å². The Morgan fingerprint density at radius 1 is 1.48 bits per heavy atom. The lowest BCUT2D eigenvalue weighted by molar-refractivity contribution is 0.271. The fraction of sp³-hybridized carbons (Fsp3) is 0.286. The molecule has 0 aliphatic rings. The molecule has 7 heteroatoms. The van der Waals surface area contributed by atoms with Crippen LogP contribution in [0.2, 0.25) is 0 Å². The second-order valence-corrected chi connectivity index (χ2v) is 6.43. The summed E-state index contributed by atoms with van der Waals surface area (Å²) in [6.45, 7) is 1.92. The van der Waals surface area contributed by atoms with E-state index in [9.17, 15) is 5.11 Å². The molecular weight excluding hydrogens is 306 g/mol. The van der Waals surface area contributed by atoms with Gasteiger partial charge in [-0.2, -0.15) is 0 Å². The van der Waals surface area contributed by atoms with Crippen LogP contribution < -0.4 is 0 Å². The van der Waals surface area contributed by atoms with Gasteiger partial charge in [-0.1, -0.05) is 17.8 Å². The molecular formula is C14H15N3O2S2. The number of aromatic nitrogens is 3. The topological polar surface area (TPSA) is 64.1 Å². The summed E-state index contributed by atoms with van der Waals surface area (Å²) >= 11 is 3.20. The monoisotopic (exact) mass is 321 g/mol. The molecule has 0 radical (unpaired) electrons. The van der Waals surface area contributed by atoms with Crippen molar-refractivity contribution < 1.29 is 9.52 Å². The third kappa shape index (κ3) is 2.90. The van der Waals surface area contributed by atoms with Crippen molar-refractivity contribution in [3.63, 3.8) is 0 Å². The zero-order valence-corrected chi connectivity index (χ0v) is 13.4. The summed E-state index contributed by atoms with van der Waals surface area (Å²) in [5, 5.41) is 12.0. The molecule has 0 aliphatic heterocycles. The van der Waals surface area contributed by atoms with E-state index in [0.29, 0.717) is 11.6 Å². The lowest BCUT2D eigenvalue weighted by Gasteiger charge is -2.02. The van der Waals surface area contributed by atoms with E-state index < -0.39 is 0 Å². The van der Waals surface area contributed by atoms with E-state index in [1.807, 2.05) is 36.1 Å². The molecule has 21 heavy (non-hydrogen) atoms. The molecule has 0 fully saturated rings. The van der Waals surface area contributed by atoms with Gasteiger partial charge >= 0.3 is 0 Å². The highest BCUT2D eigenvalue weighted by atomic mass is 32.2. The van der Waals surface area contributed by atoms with Crippen LogP contribution in [0, 0.1) is 6.92 Å². The molecule has 5 nitrogen and oxygen atoms in total. The van der Waals surface area contributed by atoms with Crippen molar-refractivity contribution in [2.24, 2.45) is 7.05 Å². The minimum Gasteiger partial charge on any atom is -0.440 e. The van der Waals surface area contributed by atoms with E-state index in [1.165, 1.54) is 0 Å². The molecule has 0 unspecified atom stereocenters. The third-order valence-corrected chi connectivity index (χ3v) is 5.08. The Kier molecular flexibility index (Phi) is 4.14. The predicted octanol–water partition coefficient (Wildman–Crippen LogP) is 3.23. The highest BCUT2D eigenvalue weighted by molar-refractivity contribution is 7.98. The number of aliphatic hydroxyl groups is 1. The van der Waals surface area contributed by atoms with Crippen LogP contribution in [0.3, 0.4) is 0 Å². The van der Waals surface area contributed by atoms with Crippen molar-refractivity contribution in [2.75, 3.05) is 0 Å². The van der Waals surface area contributed by atoms with Crippen LogP contribution in [0.1, 0.15) is 17.1 Å². The minimum absolute atomic E-state index is 0.00439. The smallest absolute Gasteiger partial charge is 0.236 e. The number of rotatable bonds is 5. The summed E-state index contributed by atoms with van der Waals surface area (Å²) in [5.74, 6) is 2.20. The van der Waals surface area contributed by atoms with Crippen molar-refractivity contribution >= 4 is 23.1 Å². The van der Waals surface area contributed by atoms with Crippen LogP contribution in [0.25, 0.3) is 10.8 Å². The average molecular weight is 321 g/mol. The Morgan fingerprint density at radius 3 is 3.00 bits per heavy atom. The van der Waals surface area contributed by atoms with Gasteiger partial charge < -0.3 is 14.1 Å². The molecule has 110 valence electrons. The Hall–Kier alpha value is -1.57. The SMILES string of the molecule is Cc1oc(-c2cccs2)nc1CSc1ncc(CO)n1C. The van der Waals surface area contributed by atoms with Crippen molar-refractivity contribution in [3.8, 4) is 10.8 Å². The molecule has 3 aromatic heterocycles. The number of imidazole rings is 1. The Morgan fingerprint density at radius 2 is 2.33 bits per heavy atom. The van der Waals surface area contributed by atoms with Crippen LogP contribution in [-0.4, -0.2) is 19.6 Å². The van der Waals surface area contributed by atoms with Gasteiger partial charge in [-0.05, 0) is 18.4 Å². The van der Waals surface area contributed by atoms with E-state index in [4.69, 9.17) is 4.42 Å². The Balaban J connectivity index is 1.75. The first kappa shape index (κ1) is 14.4. The highest BCUT2D eigenvalue weighted by Crippen LogP contribution is 2.29. The molecule has 3 heterocycles. The zero-order chi connectivity index (χ0) is 14.8. The fourth-order valence-electron chi connectivity index (χ4n) is 1.91. The van der Waals surface area contributed by atoms with Gasteiger partial charge in [0.15, 0.2) is 5.16 Å². The number of hydrogen-bond donors (Lipinski definition) is 1. The quantitative estimate of drug-likeness (QED) is 0.731. The summed E-state index contributed by atoms with van der Waals surface area (Å²) in [4.78, 5) is 9.89. The summed E-state index contributed by atoms with van der Waals surface area (Å²) in [5.41, 5.74) is 1.73. The largest absolute Gasteiger partial charge is 0.440 e. The molecule has 1 N–H and O–H groups in total. The maximum Gasteiger partial charge on any atom is 0.236 e. The van der Waals surface area contributed by atoms with E-state index in [0.717, 1.165) is 27.2 Å². The summed E-state index contributed by atoms with van der Waals surface area (Å²) < 4.78 is 7.61. The zero-order valence-electron chi connectivity index (χ0n) is 11.7. The van der Waals surface area contributed by atoms with Gasteiger partial charge in [0, 0.05) is 12.8 Å². The van der Waals surface area contributed by atoms with E-state index in [2.05, 4.69) is 9.97 Å². The number of hydrogen-bond acceptors (Lipinski definition) is 6. The van der Waals surface area contributed by atoms with E-state index in [1.54, 1.807) is 29.3 Å². The van der Waals surface area contributed by atoms with Gasteiger partial charge in [-0.25, -0.2) is 9.97 Å². The standard InChI is InChI=1S/C14H15N3O2S2/c1-9-11(16-13(19-9)12-4-3-5-20-12)8-21-14-15-6-10(7-18)17(14)2/h3-6,18H,7-8H2,1-2H3. The van der Waals surface area contributed by atoms with Crippen LogP contribution in [-0.2, 0) is 19.4 Å². The normalized spacial score (nSPS) is 11.2. The minimum atomic E-state index is -0.00439. The molecule has 0 aliphatic carbocycles. The lowest BCUT2D eigenvalue weighted by Crippen LogP contribution is -1.97. The van der Waals surface area contributed by atoms with E-state index >= 15 is 0 Å². The predicted molar refractivity (Wildman–Crippen MR) is 83.2 cm³/mol. The van der Waals surface area contributed by atoms with E-state index in [-0.39, 0.29) is 6.61 Å². The fourth-order valence-corrected chi connectivity index (χ4v) is 3.53. The molecule has 0 spiro atoms. The highest BCUT2D eigenvalue weighted by Gasteiger charge is 2.14. The van der Waals surface area contributed by atoms with Crippen LogP contribution in [0.15, 0.2) is 33.3 Å². The van der Waals surface area contributed by atoms with Gasteiger partial charge in [0.05, 0.1) is 29.1 Å². The Bertz CT molecular complexity index is 732. The van der Waals surface area contributed by atoms with Gasteiger partial charge in [0.1, 0.15) is 5.76 Å². The number of aliphatic hydroxyl groups excluding tert-OH is 1.